The average molecular weight is 444 g/mol. The maximum absolute atomic E-state index is 12.2. The van der Waals surface area contributed by atoms with Crippen LogP contribution in [0.1, 0.15) is 75.8 Å². The Hall–Kier alpha value is -2.64. The maximum atomic E-state index is 12.2. The van der Waals surface area contributed by atoms with E-state index in [2.05, 4.69) is 36.1 Å². The molecular weight excluding hydrogens is 410 g/mol. The van der Waals surface area contributed by atoms with Crippen molar-refractivity contribution in [1.82, 2.24) is 0 Å². The second kappa shape index (κ2) is 8.29. The van der Waals surface area contributed by atoms with Crippen molar-refractivity contribution in [1.29, 1.82) is 0 Å². The van der Waals surface area contributed by atoms with E-state index in [1.807, 2.05) is 32.2 Å². The van der Waals surface area contributed by atoms with Crippen molar-refractivity contribution in [3.8, 4) is 11.8 Å². The molecule has 2 saturated carbocycles. The normalized spacial score (nSPS) is 35.4. The minimum Gasteiger partial charge on any atom is -0.411 e. The van der Waals surface area contributed by atoms with Crippen LogP contribution >= 0.6 is 0 Å². The fourth-order valence-corrected chi connectivity index (χ4v) is 7.62. The van der Waals surface area contributed by atoms with Crippen molar-refractivity contribution in [3.63, 3.8) is 0 Å². The average Bonchev–Trinajstić information content (AvgIpc) is 3.11. The summed E-state index contributed by atoms with van der Waals surface area (Å²) in [6.45, 7) is 4.33. The van der Waals surface area contributed by atoms with Gasteiger partial charge in [0.15, 0.2) is 5.78 Å². The molecule has 5 rings (SSSR count). The smallest absolute Gasteiger partial charge is 0.156 e. The first-order valence-corrected chi connectivity index (χ1v) is 12.2. The summed E-state index contributed by atoms with van der Waals surface area (Å²) in [4.78, 5) is 12.2. The van der Waals surface area contributed by atoms with Crippen molar-refractivity contribution < 1.29 is 14.7 Å². The quantitative estimate of drug-likeness (QED) is 0.278. The number of allylic oxidation sites excluding steroid dienone is 4. The highest BCUT2D eigenvalue weighted by Crippen LogP contribution is 2.67. The Kier molecular flexibility index (Phi) is 5.57. The van der Waals surface area contributed by atoms with Gasteiger partial charge in [-0.25, -0.2) is 0 Å². The van der Waals surface area contributed by atoms with E-state index in [0.29, 0.717) is 18.3 Å². The molecule has 0 unspecified atom stereocenters. The molecule has 33 heavy (non-hydrogen) atoms. The lowest BCUT2D eigenvalue weighted by Gasteiger charge is -2.54. The number of rotatable bonds is 3. The molecule has 4 nitrogen and oxygen atoms in total. The zero-order valence-electron chi connectivity index (χ0n) is 19.9. The number of methoxy groups -OCH3 is 1. The number of ketones is 1. The molecular formula is C29H33NO3. The number of oxime groups is 1. The minimum atomic E-state index is -0.414. The summed E-state index contributed by atoms with van der Waals surface area (Å²) >= 11 is 0. The number of nitrogens with zero attached hydrogens (tertiary/aromatic N) is 1. The standard InChI is InChI=1S/C29H33NO3/c1-4-14-29(33-3)15-13-26-24-11-9-21-16-22(31)10-12-23(21)27(24)25(17-28(26,29)2)20-7-5-19(6-8-20)18-30-32/h5-8,16,18,24-26,32H,9-13,15,17H2,1-3H3/b30-18+/t24-,25+,26-,28-,29-/m0/s1. The fraction of sp³-hybridized carbons (Fsp3) is 0.517. The van der Waals surface area contributed by atoms with E-state index in [1.165, 1.54) is 22.9 Å². The van der Waals surface area contributed by atoms with Crippen LogP contribution in [0.25, 0.3) is 0 Å². The van der Waals surface area contributed by atoms with Gasteiger partial charge in [-0.15, -0.1) is 5.92 Å². The summed E-state index contributed by atoms with van der Waals surface area (Å²) in [6, 6.07) is 8.41. The van der Waals surface area contributed by atoms with E-state index >= 15 is 0 Å². The predicted molar refractivity (Wildman–Crippen MR) is 129 cm³/mol. The van der Waals surface area contributed by atoms with Gasteiger partial charge in [0, 0.05) is 24.9 Å². The van der Waals surface area contributed by atoms with Crippen LogP contribution in [0.4, 0.5) is 0 Å². The Labute approximate surface area is 196 Å². The summed E-state index contributed by atoms with van der Waals surface area (Å²) in [5, 5.41) is 12.1. The first kappa shape index (κ1) is 22.2. The minimum absolute atomic E-state index is 0.0406. The van der Waals surface area contributed by atoms with Gasteiger partial charge < -0.3 is 9.94 Å². The second-order valence-electron chi connectivity index (χ2n) is 10.4. The molecule has 0 bridgehead atoms. The van der Waals surface area contributed by atoms with Crippen LogP contribution in [0.5, 0.6) is 0 Å². The van der Waals surface area contributed by atoms with Crippen molar-refractivity contribution in [2.24, 2.45) is 22.4 Å². The van der Waals surface area contributed by atoms with Crippen LogP contribution in [-0.2, 0) is 9.53 Å². The van der Waals surface area contributed by atoms with Crippen molar-refractivity contribution in [2.75, 3.05) is 7.11 Å². The first-order valence-electron chi connectivity index (χ1n) is 12.2. The van der Waals surface area contributed by atoms with Gasteiger partial charge in [0.25, 0.3) is 0 Å². The topological polar surface area (TPSA) is 58.9 Å². The summed E-state index contributed by atoms with van der Waals surface area (Å²) in [7, 11) is 1.83. The molecule has 0 spiro atoms. The van der Waals surface area contributed by atoms with Gasteiger partial charge in [-0.3, -0.25) is 4.79 Å². The number of fused-ring (bicyclic) bond motifs is 4. The van der Waals surface area contributed by atoms with Gasteiger partial charge in [0.1, 0.15) is 5.60 Å². The maximum Gasteiger partial charge on any atom is 0.156 e. The molecule has 1 aromatic carbocycles. The van der Waals surface area contributed by atoms with Crippen LogP contribution in [-0.4, -0.2) is 29.9 Å². The van der Waals surface area contributed by atoms with Crippen LogP contribution in [0.3, 0.4) is 0 Å². The van der Waals surface area contributed by atoms with Crippen molar-refractivity contribution in [3.05, 3.63) is 58.2 Å². The van der Waals surface area contributed by atoms with Crippen molar-refractivity contribution in [2.45, 2.75) is 70.3 Å². The van der Waals surface area contributed by atoms with E-state index in [9.17, 15) is 4.79 Å². The van der Waals surface area contributed by atoms with Crippen molar-refractivity contribution >= 4 is 12.0 Å². The van der Waals surface area contributed by atoms with Gasteiger partial charge in [-0.1, -0.05) is 47.8 Å². The third-order valence-electron chi connectivity index (χ3n) is 9.08. The Morgan fingerprint density at radius 1 is 1.18 bits per heavy atom. The van der Waals surface area contributed by atoms with Crippen LogP contribution in [0.2, 0.25) is 0 Å². The van der Waals surface area contributed by atoms with Gasteiger partial charge in [-0.05, 0) is 85.6 Å². The van der Waals surface area contributed by atoms with Gasteiger partial charge in [0.2, 0.25) is 0 Å². The van der Waals surface area contributed by atoms with E-state index in [-0.39, 0.29) is 17.1 Å². The van der Waals surface area contributed by atoms with Crippen LogP contribution < -0.4 is 0 Å². The number of carbonyl (C=O) groups is 1. The van der Waals surface area contributed by atoms with E-state index < -0.39 is 5.60 Å². The third-order valence-corrected chi connectivity index (χ3v) is 9.08. The number of hydrogen-bond donors (Lipinski definition) is 1. The zero-order chi connectivity index (χ0) is 23.2. The second-order valence-corrected chi connectivity index (χ2v) is 10.4. The Balaban J connectivity index is 1.68. The SMILES string of the molecule is CC#C[C@]1(OC)CC[C@H]2[C@@H]3CCC4=CC(=O)CCC4=C3[C@@H](c3ccc(/C=N/O)cc3)C[C@@]21C. The molecule has 4 heteroatoms. The highest BCUT2D eigenvalue weighted by molar-refractivity contribution is 5.93. The molecule has 0 heterocycles. The molecule has 172 valence electrons. The number of carbonyl (C=O) groups excluding carboxylic acids is 1. The summed E-state index contributed by atoms with van der Waals surface area (Å²) in [5.41, 5.74) is 6.02. The number of benzene rings is 1. The molecule has 1 aromatic rings. The molecule has 0 aromatic heterocycles. The highest BCUT2D eigenvalue weighted by atomic mass is 16.5. The monoisotopic (exact) mass is 443 g/mol. The van der Waals surface area contributed by atoms with Crippen LogP contribution in [0, 0.1) is 29.1 Å². The lowest BCUT2D eigenvalue weighted by atomic mass is 9.51. The molecule has 1 N–H and O–H groups in total. The Morgan fingerprint density at radius 3 is 2.67 bits per heavy atom. The van der Waals surface area contributed by atoms with E-state index in [1.54, 1.807) is 5.57 Å². The van der Waals surface area contributed by atoms with Gasteiger partial charge in [-0.2, -0.15) is 0 Å². The molecule has 0 amide bonds. The predicted octanol–water partition coefficient (Wildman–Crippen LogP) is 5.80. The largest absolute Gasteiger partial charge is 0.411 e. The Bertz CT molecular complexity index is 1120. The lowest BCUT2D eigenvalue weighted by molar-refractivity contribution is -0.114. The highest BCUT2D eigenvalue weighted by Gasteiger charge is 2.63. The molecule has 0 radical (unpaired) electrons. The summed E-state index contributed by atoms with van der Waals surface area (Å²) in [6.07, 6.45) is 10.1. The molecule has 0 aliphatic heterocycles. The number of ether oxygens (including phenoxy) is 1. The molecule has 4 aliphatic carbocycles. The molecule has 4 aliphatic rings. The van der Waals surface area contributed by atoms with E-state index in [4.69, 9.17) is 9.94 Å². The fourth-order valence-electron chi connectivity index (χ4n) is 7.62. The van der Waals surface area contributed by atoms with E-state index in [0.717, 1.165) is 44.1 Å². The molecule has 5 atom stereocenters. The molecule has 0 saturated heterocycles. The molecule has 2 fully saturated rings. The Morgan fingerprint density at radius 2 is 1.97 bits per heavy atom. The number of hydrogen-bond acceptors (Lipinski definition) is 4. The lowest BCUT2D eigenvalue weighted by Crippen LogP contribution is -2.52. The zero-order valence-corrected chi connectivity index (χ0v) is 19.9. The van der Waals surface area contributed by atoms with Crippen LogP contribution in [0.15, 0.2) is 52.2 Å². The summed E-state index contributed by atoms with van der Waals surface area (Å²) < 4.78 is 6.26. The van der Waals surface area contributed by atoms with Gasteiger partial charge in [0.05, 0.1) is 6.21 Å². The third kappa shape index (κ3) is 3.32. The summed E-state index contributed by atoms with van der Waals surface area (Å²) in [5.74, 6) is 8.29. The van der Waals surface area contributed by atoms with Gasteiger partial charge >= 0.3 is 0 Å². The first-order chi connectivity index (χ1) is 16.0.